The second-order valence-corrected chi connectivity index (χ2v) is 4.53. The first-order chi connectivity index (χ1) is 8.72. The highest BCUT2D eigenvalue weighted by Crippen LogP contribution is 2.26. The standard InChI is InChI=1S/C14H15N3O/c1-16(2)14-15-12(9-18)13-11-6-4-3-5-10(11)7-8-17(13)14/h3-8,18H,9H2,1-2H3. The average Bonchev–Trinajstić information content (AvgIpc) is 2.78. The fraction of sp³-hybridized carbons (Fsp3) is 0.214. The summed E-state index contributed by atoms with van der Waals surface area (Å²) in [6.07, 6.45) is 2.00. The summed E-state index contributed by atoms with van der Waals surface area (Å²) in [6, 6.07) is 10.2. The van der Waals surface area contributed by atoms with Gasteiger partial charge in [0, 0.05) is 25.7 Å². The molecule has 0 aliphatic heterocycles. The number of fused-ring (bicyclic) bond motifs is 3. The fourth-order valence-corrected chi connectivity index (χ4v) is 2.33. The van der Waals surface area contributed by atoms with E-state index in [4.69, 9.17) is 0 Å². The van der Waals surface area contributed by atoms with E-state index < -0.39 is 0 Å². The first kappa shape index (κ1) is 11.0. The topological polar surface area (TPSA) is 40.8 Å². The minimum Gasteiger partial charge on any atom is -0.390 e. The first-order valence-corrected chi connectivity index (χ1v) is 5.89. The third-order valence-corrected chi connectivity index (χ3v) is 3.13. The van der Waals surface area contributed by atoms with E-state index in [9.17, 15) is 5.11 Å². The Kier molecular flexibility index (Phi) is 2.45. The van der Waals surface area contributed by atoms with Crippen molar-refractivity contribution >= 4 is 22.2 Å². The smallest absolute Gasteiger partial charge is 0.210 e. The van der Waals surface area contributed by atoms with Gasteiger partial charge in [-0.25, -0.2) is 4.98 Å². The van der Waals surface area contributed by atoms with E-state index >= 15 is 0 Å². The maximum absolute atomic E-state index is 9.50. The van der Waals surface area contributed by atoms with Crippen molar-refractivity contribution in [3.8, 4) is 0 Å². The molecule has 3 aromatic rings. The number of nitrogens with zero attached hydrogens (tertiary/aromatic N) is 3. The van der Waals surface area contributed by atoms with Gasteiger partial charge < -0.3 is 10.0 Å². The molecule has 0 radical (unpaired) electrons. The SMILES string of the molecule is CN(C)c1nc(CO)c2c3ccccc3ccn12. The molecule has 0 fully saturated rings. The van der Waals surface area contributed by atoms with Crippen LogP contribution in [-0.4, -0.2) is 28.6 Å². The molecule has 92 valence electrons. The third kappa shape index (κ3) is 1.46. The summed E-state index contributed by atoms with van der Waals surface area (Å²) >= 11 is 0. The van der Waals surface area contributed by atoms with Gasteiger partial charge in [0.05, 0.1) is 17.8 Å². The molecular weight excluding hydrogens is 226 g/mol. The molecule has 18 heavy (non-hydrogen) atoms. The highest BCUT2D eigenvalue weighted by molar-refractivity contribution is 5.97. The zero-order valence-electron chi connectivity index (χ0n) is 10.5. The molecule has 1 N–H and O–H groups in total. The highest BCUT2D eigenvalue weighted by Gasteiger charge is 2.13. The van der Waals surface area contributed by atoms with Crippen molar-refractivity contribution in [3.63, 3.8) is 0 Å². The zero-order valence-corrected chi connectivity index (χ0v) is 10.5. The molecule has 2 heterocycles. The van der Waals surface area contributed by atoms with Crippen LogP contribution in [0.25, 0.3) is 16.3 Å². The molecule has 3 rings (SSSR count). The van der Waals surface area contributed by atoms with Crippen LogP contribution in [-0.2, 0) is 6.61 Å². The Morgan fingerprint density at radius 3 is 2.72 bits per heavy atom. The molecule has 0 bridgehead atoms. The van der Waals surface area contributed by atoms with Crippen LogP contribution >= 0.6 is 0 Å². The second-order valence-electron chi connectivity index (χ2n) is 4.53. The van der Waals surface area contributed by atoms with E-state index in [1.807, 2.05) is 41.7 Å². The predicted octanol–water partition coefficient (Wildman–Crippen LogP) is 2.05. The Morgan fingerprint density at radius 2 is 2.00 bits per heavy atom. The predicted molar refractivity (Wildman–Crippen MR) is 72.9 cm³/mol. The number of aliphatic hydroxyl groups excluding tert-OH is 1. The first-order valence-electron chi connectivity index (χ1n) is 5.89. The van der Waals surface area contributed by atoms with Crippen LogP contribution in [0.4, 0.5) is 5.95 Å². The quantitative estimate of drug-likeness (QED) is 0.746. The van der Waals surface area contributed by atoms with Crippen molar-refractivity contribution in [3.05, 3.63) is 42.2 Å². The largest absolute Gasteiger partial charge is 0.390 e. The zero-order chi connectivity index (χ0) is 12.7. The summed E-state index contributed by atoms with van der Waals surface area (Å²) in [5.74, 6) is 0.833. The van der Waals surface area contributed by atoms with E-state index in [0.717, 1.165) is 27.9 Å². The van der Waals surface area contributed by atoms with Crippen molar-refractivity contribution in [2.45, 2.75) is 6.61 Å². The van der Waals surface area contributed by atoms with E-state index in [1.165, 1.54) is 0 Å². The average molecular weight is 241 g/mol. The van der Waals surface area contributed by atoms with Crippen LogP contribution in [0.5, 0.6) is 0 Å². The van der Waals surface area contributed by atoms with Crippen molar-refractivity contribution < 1.29 is 5.11 Å². The summed E-state index contributed by atoms with van der Waals surface area (Å²) in [7, 11) is 3.90. The van der Waals surface area contributed by atoms with Gasteiger partial charge in [0.1, 0.15) is 0 Å². The Morgan fingerprint density at radius 1 is 1.22 bits per heavy atom. The van der Waals surface area contributed by atoms with Gasteiger partial charge in [0.25, 0.3) is 0 Å². The fourth-order valence-electron chi connectivity index (χ4n) is 2.33. The van der Waals surface area contributed by atoms with Crippen molar-refractivity contribution in [2.24, 2.45) is 0 Å². The number of benzene rings is 1. The number of aliphatic hydroxyl groups is 1. The minimum absolute atomic E-state index is 0.0503. The van der Waals surface area contributed by atoms with Gasteiger partial charge in [-0.15, -0.1) is 0 Å². The summed E-state index contributed by atoms with van der Waals surface area (Å²) < 4.78 is 2.02. The molecule has 0 amide bonds. The number of anilines is 1. The van der Waals surface area contributed by atoms with E-state index in [1.54, 1.807) is 0 Å². The molecule has 0 aliphatic rings. The van der Waals surface area contributed by atoms with Crippen molar-refractivity contribution in [1.82, 2.24) is 9.38 Å². The Hall–Kier alpha value is -2.07. The van der Waals surface area contributed by atoms with Crippen LogP contribution in [0.15, 0.2) is 36.5 Å². The molecule has 2 aromatic heterocycles. The normalized spacial score (nSPS) is 11.3. The number of aromatic nitrogens is 2. The Labute approximate surface area is 105 Å². The monoisotopic (exact) mass is 241 g/mol. The summed E-state index contributed by atoms with van der Waals surface area (Å²) in [5.41, 5.74) is 1.70. The lowest BCUT2D eigenvalue weighted by molar-refractivity contribution is 0.279. The third-order valence-electron chi connectivity index (χ3n) is 3.13. The number of imidazole rings is 1. The van der Waals surface area contributed by atoms with Gasteiger partial charge in [-0.3, -0.25) is 4.40 Å². The van der Waals surface area contributed by atoms with E-state index in [2.05, 4.69) is 23.2 Å². The van der Waals surface area contributed by atoms with Crippen molar-refractivity contribution in [2.75, 3.05) is 19.0 Å². The lowest BCUT2D eigenvalue weighted by Gasteiger charge is -2.10. The number of pyridine rings is 1. The molecule has 4 nitrogen and oxygen atoms in total. The number of hydrogen-bond acceptors (Lipinski definition) is 3. The summed E-state index contributed by atoms with van der Waals surface area (Å²) in [5, 5.41) is 11.8. The van der Waals surface area contributed by atoms with Crippen LogP contribution in [0.2, 0.25) is 0 Å². The van der Waals surface area contributed by atoms with E-state index in [0.29, 0.717) is 0 Å². The van der Waals surface area contributed by atoms with Gasteiger partial charge in [0.15, 0.2) is 0 Å². The van der Waals surface area contributed by atoms with Gasteiger partial charge in [-0.1, -0.05) is 24.3 Å². The van der Waals surface area contributed by atoms with Gasteiger partial charge in [-0.05, 0) is 11.5 Å². The second kappa shape index (κ2) is 3.99. The Bertz CT molecular complexity index is 715. The van der Waals surface area contributed by atoms with Crippen LogP contribution in [0.1, 0.15) is 5.69 Å². The highest BCUT2D eigenvalue weighted by atomic mass is 16.3. The minimum atomic E-state index is -0.0503. The van der Waals surface area contributed by atoms with Gasteiger partial charge in [-0.2, -0.15) is 0 Å². The maximum atomic E-state index is 9.50. The van der Waals surface area contributed by atoms with E-state index in [-0.39, 0.29) is 6.61 Å². The molecule has 1 aromatic carbocycles. The van der Waals surface area contributed by atoms with Gasteiger partial charge >= 0.3 is 0 Å². The molecule has 0 aliphatic carbocycles. The molecule has 0 spiro atoms. The summed E-state index contributed by atoms with van der Waals surface area (Å²) in [6.45, 7) is -0.0503. The van der Waals surface area contributed by atoms with Crippen LogP contribution in [0, 0.1) is 0 Å². The number of rotatable bonds is 2. The molecule has 0 unspecified atom stereocenters. The number of hydrogen-bond donors (Lipinski definition) is 1. The van der Waals surface area contributed by atoms with Crippen molar-refractivity contribution in [1.29, 1.82) is 0 Å². The molecule has 0 atom stereocenters. The van der Waals surface area contributed by atoms with Gasteiger partial charge in [0.2, 0.25) is 5.95 Å². The molecule has 0 saturated heterocycles. The lowest BCUT2D eigenvalue weighted by atomic mass is 10.1. The molecule has 0 saturated carbocycles. The summed E-state index contributed by atoms with van der Waals surface area (Å²) in [4.78, 5) is 6.44. The Balaban J connectivity index is 2.49. The molecular formula is C14H15N3O. The molecule has 4 heteroatoms. The van der Waals surface area contributed by atoms with Crippen LogP contribution in [0.3, 0.4) is 0 Å². The maximum Gasteiger partial charge on any atom is 0.210 e. The van der Waals surface area contributed by atoms with Crippen LogP contribution < -0.4 is 4.90 Å². The lowest BCUT2D eigenvalue weighted by Crippen LogP contribution is -2.12.